The van der Waals surface area contributed by atoms with Gasteiger partial charge < -0.3 is 0 Å². The third-order valence-corrected chi connectivity index (χ3v) is 2.52. The zero-order chi connectivity index (χ0) is 12.5. The van der Waals surface area contributed by atoms with Gasteiger partial charge in [0.05, 0.1) is 0 Å². The number of alkyl halides is 3. The second-order valence-electron chi connectivity index (χ2n) is 3.59. The Morgan fingerprint density at radius 3 is 2.65 bits per heavy atom. The van der Waals surface area contributed by atoms with Crippen molar-refractivity contribution in [3.05, 3.63) is 42.2 Å². The average molecular weight is 241 g/mol. The molecule has 1 unspecified atom stereocenters. The topological polar surface area (TPSA) is 50.9 Å². The minimum atomic E-state index is -4.44. The van der Waals surface area contributed by atoms with Crippen LogP contribution in [-0.2, 0) is 0 Å². The van der Waals surface area contributed by atoms with Gasteiger partial charge in [0.25, 0.3) is 0 Å². The summed E-state index contributed by atoms with van der Waals surface area (Å²) >= 11 is 0. The molecule has 90 valence electrons. The van der Waals surface area contributed by atoms with Crippen LogP contribution < -0.4 is 11.3 Å². The van der Waals surface area contributed by atoms with Crippen LogP contribution >= 0.6 is 0 Å². The lowest BCUT2D eigenvalue weighted by molar-refractivity contribution is -0.157. The number of pyridine rings is 1. The summed E-state index contributed by atoms with van der Waals surface area (Å²) in [7, 11) is 0. The maximum atomic E-state index is 12.8. The van der Waals surface area contributed by atoms with Crippen LogP contribution in [0.4, 0.5) is 13.2 Å². The fourth-order valence-corrected chi connectivity index (χ4v) is 1.76. The predicted octanol–water partition coefficient (Wildman–Crippen LogP) is 2.30. The monoisotopic (exact) mass is 241 g/mol. The molecule has 6 heteroatoms. The molecule has 1 aromatic carbocycles. The second-order valence-corrected chi connectivity index (χ2v) is 3.59. The van der Waals surface area contributed by atoms with Crippen molar-refractivity contribution in [3.63, 3.8) is 0 Å². The van der Waals surface area contributed by atoms with Crippen molar-refractivity contribution < 1.29 is 13.2 Å². The number of aromatic nitrogens is 1. The quantitative estimate of drug-likeness (QED) is 0.626. The van der Waals surface area contributed by atoms with E-state index in [0.29, 0.717) is 10.8 Å². The van der Waals surface area contributed by atoms with Crippen molar-refractivity contribution in [2.24, 2.45) is 5.84 Å². The molecule has 0 spiro atoms. The van der Waals surface area contributed by atoms with Crippen LogP contribution in [0.2, 0.25) is 0 Å². The highest BCUT2D eigenvalue weighted by molar-refractivity contribution is 5.85. The van der Waals surface area contributed by atoms with Gasteiger partial charge in [0.1, 0.15) is 6.04 Å². The van der Waals surface area contributed by atoms with E-state index >= 15 is 0 Å². The van der Waals surface area contributed by atoms with E-state index in [2.05, 4.69) is 4.98 Å². The summed E-state index contributed by atoms with van der Waals surface area (Å²) in [4.78, 5) is 3.87. The highest BCUT2D eigenvalue weighted by atomic mass is 19.4. The van der Waals surface area contributed by atoms with Crippen molar-refractivity contribution in [1.29, 1.82) is 0 Å². The fraction of sp³-hybridized carbons (Fsp3) is 0.182. The van der Waals surface area contributed by atoms with Crippen LogP contribution in [-0.4, -0.2) is 11.2 Å². The number of hydrazine groups is 1. The Morgan fingerprint density at radius 1 is 1.24 bits per heavy atom. The number of fused-ring (bicyclic) bond motifs is 1. The molecule has 0 aliphatic carbocycles. The summed E-state index contributed by atoms with van der Waals surface area (Å²) in [5, 5.41) is 1.14. The minimum Gasteiger partial charge on any atom is -0.271 e. The molecule has 0 aliphatic heterocycles. The molecule has 2 rings (SSSR count). The summed E-state index contributed by atoms with van der Waals surface area (Å²) in [6.45, 7) is 0. The van der Waals surface area contributed by atoms with E-state index in [1.165, 1.54) is 18.5 Å². The van der Waals surface area contributed by atoms with E-state index in [1.807, 2.05) is 0 Å². The van der Waals surface area contributed by atoms with Crippen LogP contribution in [0.15, 0.2) is 36.7 Å². The Morgan fingerprint density at radius 2 is 2.00 bits per heavy atom. The molecule has 2 aromatic rings. The zero-order valence-electron chi connectivity index (χ0n) is 8.70. The molecule has 1 aromatic heterocycles. The molecule has 0 fully saturated rings. The minimum absolute atomic E-state index is 0.0971. The Hall–Kier alpha value is -1.66. The number of hydrogen-bond acceptors (Lipinski definition) is 3. The average Bonchev–Trinajstić information content (AvgIpc) is 2.28. The Labute approximate surface area is 95.4 Å². The molecule has 0 saturated carbocycles. The van der Waals surface area contributed by atoms with Crippen molar-refractivity contribution in [2.75, 3.05) is 0 Å². The van der Waals surface area contributed by atoms with Gasteiger partial charge >= 0.3 is 6.18 Å². The second kappa shape index (κ2) is 4.31. The number of halogens is 3. The van der Waals surface area contributed by atoms with Crippen LogP contribution in [0.5, 0.6) is 0 Å². The van der Waals surface area contributed by atoms with Crippen LogP contribution in [0.25, 0.3) is 10.8 Å². The Bertz CT molecular complexity index is 519. The van der Waals surface area contributed by atoms with E-state index < -0.39 is 12.2 Å². The number of hydrogen-bond donors (Lipinski definition) is 2. The first-order valence-corrected chi connectivity index (χ1v) is 4.89. The predicted molar refractivity (Wildman–Crippen MR) is 57.9 cm³/mol. The van der Waals surface area contributed by atoms with E-state index in [-0.39, 0.29) is 5.56 Å². The van der Waals surface area contributed by atoms with Gasteiger partial charge in [-0.25, -0.2) is 5.43 Å². The van der Waals surface area contributed by atoms with E-state index in [4.69, 9.17) is 5.84 Å². The normalized spacial score (nSPS) is 13.9. The maximum absolute atomic E-state index is 12.8. The first-order chi connectivity index (χ1) is 8.04. The third kappa shape index (κ3) is 2.22. The fourth-order valence-electron chi connectivity index (χ4n) is 1.76. The van der Waals surface area contributed by atoms with Gasteiger partial charge in [-0.15, -0.1) is 0 Å². The molecule has 0 saturated heterocycles. The van der Waals surface area contributed by atoms with Crippen LogP contribution in [0, 0.1) is 0 Å². The van der Waals surface area contributed by atoms with Gasteiger partial charge in [-0.3, -0.25) is 10.8 Å². The van der Waals surface area contributed by atoms with Crippen LogP contribution in [0.1, 0.15) is 11.6 Å². The third-order valence-electron chi connectivity index (χ3n) is 2.52. The number of nitrogens with one attached hydrogen (secondary N) is 1. The molecule has 0 radical (unpaired) electrons. The number of rotatable bonds is 2. The zero-order valence-corrected chi connectivity index (χ0v) is 8.70. The first-order valence-electron chi connectivity index (χ1n) is 4.89. The van der Waals surface area contributed by atoms with E-state index in [1.54, 1.807) is 23.6 Å². The molecule has 3 nitrogen and oxygen atoms in total. The van der Waals surface area contributed by atoms with Gasteiger partial charge in [-0.05, 0) is 17.0 Å². The van der Waals surface area contributed by atoms with Gasteiger partial charge in [-0.2, -0.15) is 13.2 Å². The molecule has 1 atom stereocenters. The lowest BCUT2D eigenvalue weighted by Gasteiger charge is -2.21. The van der Waals surface area contributed by atoms with Crippen molar-refractivity contribution in [3.8, 4) is 0 Å². The van der Waals surface area contributed by atoms with Crippen LogP contribution in [0.3, 0.4) is 0 Å². The Kier molecular flexibility index (Phi) is 2.99. The highest BCUT2D eigenvalue weighted by Crippen LogP contribution is 2.35. The summed E-state index contributed by atoms with van der Waals surface area (Å²) in [6.07, 6.45) is -1.47. The van der Waals surface area contributed by atoms with Crippen molar-refractivity contribution >= 4 is 10.8 Å². The lowest BCUT2D eigenvalue weighted by atomic mass is 10.00. The molecule has 0 aliphatic rings. The molecular formula is C11H10F3N3. The molecule has 1 heterocycles. The maximum Gasteiger partial charge on any atom is 0.409 e. The van der Waals surface area contributed by atoms with Gasteiger partial charge in [0.15, 0.2) is 0 Å². The molecule has 3 N–H and O–H groups in total. The molecule has 17 heavy (non-hydrogen) atoms. The summed E-state index contributed by atoms with van der Waals surface area (Å²) in [6, 6.07) is 4.32. The van der Waals surface area contributed by atoms with E-state index in [9.17, 15) is 13.2 Å². The molecule has 0 amide bonds. The molecule has 0 bridgehead atoms. The number of nitrogens with two attached hydrogens (primary N) is 1. The Balaban J connectivity index is 2.62. The number of nitrogens with zero attached hydrogens (tertiary/aromatic N) is 1. The van der Waals surface area contributed by atoms with Gasteiger partial charge in [-0.1, -0.05) is 18.2 Å². The largest absolute Gasteiger partial charge is 0.409 e. The van der Waals surface area contributed by atoms with Gasteiger partial charge in [0.2, 0.25) is 0 Å². The SMILES string of the molecule is NNC(c1cccc2cnccc12)C(F)(F)F. The van der Waals surface area contributed by atoms with Crippen molar-refractivity contribution in [1.82, 2.24) is 10.4 Å². The first kappa shape index (κ1) is 11.8. The van der Waals surface area contributed by atoms with Gasteiger partial charge in [0, 0.05) is 17.8 Å². The van der Waals surface area contributed by atoms with E-state index in [0.717, 1.165) is 0 Å². The standard InChI is InChI=1S/C11H10F3N3/c12-11(13,14)10(17-15)9-3-1-2-7-6-16-5-4-8(7)9/h1-6,10,17H,15H2. The van der Waals surface area contributed by atoms with Crippen molar-refractivity contribution in [2.45, 2.75) is 12.2 Å². The smallest absolute Gasteiger partial charge is 0.271 e. The number of benzene rings is 1. The summed E-state index contributed by atoms with van der Waals surface area (Å²) < 4.78 is 38.3. The summed E-state index contributed by atoms with van der Waals surface area (Å²) in [5.74, 6) is 5.00. The lowest BCUT2D eigenvalue weighted by Crippen LogP contribution is -2.38. The molecular weight excluding hydrogens is 231 g/mol. The highest BCUT2D eigenvalue weighted by Gasteiger charge is 2.40. The summed E-state index contributed by atoms with van der Waals surface area (Å²) in [5.41, 5.74) is 1.90.